The molecular weight excluding hydrogens is 252 g/mol. The topological polar surface area (TPSA) is 44.7 Å². The zero-order valence-electron chi connectivity index (χ0n) is 13.1. The predicted molar refractivity (Wildman–Crippen MR) is 83.2 cm³/mol. The summed E-state index contributed by atoms with van der Waals surface area (Å²) in [5, 5.41) is 13.4. The number of benzene rings is 1. The monoisotopic (exact) mass is 280 g/mol. The Morgan fingerprint density at radius 1 is 1.30 bits per heavy atom. The van der Waals surface area contributed by atoms with E-state index in [1.807, 2.05) is 18.2 Å². The Labute approximate surface area is 122 Å². The minimum atomic E-state index is -0.344. The Balaban J connectivity index is 2.43. The molecule has 114 valence electrons. The van der Waals surface area contributed by atoms with Gasteiger partial charge >= 0.3 is 0 Å². The van der Waals surface area contributed by atoms with Crippen LogP contribution in [0.4, 0.5) is 0 Å². The molecule has 0 heterocycles. The number of hydrogen-bond acceptors (Lipinski definition) is 4. The highest BCUT2D eigenvalue weighted by Crippen LogP contribution is 2.18. The SMILES string of the molecule is CCN(CC)CC(O)CN[C@@H](C)c1cccc(OC)c1. The van der Waals surface area contributed by atoms with Gasteiger partial charge in [-0.05, 0) is 37.7 Å². The Morgan fingerprint density at radius 3 is 2.60 bits per heavy atom. The van der Waals surface area contributed by atoms with Crippen molar-refractivity contribution in [3.05, 3.63) is 29.8 Å². The van der Waals surface area contributed by atoms with Gasteiger partial charge < -0.3 is 20.1 Å². The summed E-state index contributed by atoms with van der Waals surface area (Å²) in [5.74, 6) is 0.861. The van der Waals surface area contributed by atoms with Gasteiger partial charge in [0.1, 0.15) is 5.75 Å². The van der Waals surface area contributed by atoms with Crippen LogP contribution in [-0.4, -0.2) is 49.4 Å². The first-order valence-electron chi connectivity index (χ1n) is 7.38. The van der Waals surface area contributed by atoms with E-state index in [0.717, 1.165) is 18.8 Å². The molecule has 0 amide bonds. The minimum Gasteiger partial charge on any atom is -0.497 e. The molecule has 1 aromatic carbocycles. The summed E-state index contributed by atoms with van der Waals surface area (Å²) in [4.78, 5) is 2.22. The predicted octanol–water partition coefficient (Wildman–Crippen LogP) is 2.05. The van der Waals surface area contributed by atoms with Crippen molar-refractivity contribution in [3.8, 4) is 5.75 Å². The second kappa shape index (κ2) is 8.95. The largest absolute Gasteiger partial charge is 0.497 e. The first-order chi connectivity index (χ1) is 9.60. The number of methoxy groups -OCH3 is 1. The van der Waals surface area contributed by atoms with Gasteiger partial charge in [0, 0.05) is 19.1 Å². The number of aliphatic hydroxyl groups excluding tert-OH is 1. The Kier molecular flexibility index (Phi) is 7.59. The van der Waals surface area contributed by atoms with Crippen LogP contribution in [0.15, 0.2) is 24.3 Å². The molecule has 0 aliphatic carbocycles. The van der Waals surface area contributed by atoms with Gasteiger partial charge in [0.05, 0.1) is 13.2 Å². The van der Waals surface area contributed by atoms with E-state index >= 15 is 0 Å². The number of hydrogen-bond donors (Lipinski definition) is 2. The number of rotatable bonds is 9. The molecular formula is C16H28N2O2. The molecule has 0 saturated heterocycles. The highest BCUT2D eigenvalue weighted by atomic mass is 16.5. The maximum absolute atomic E-state index is 10.0. The highest BCUT2D eigenvalue weighted by molar-refractivity contribution is 5.30. The molecule has 0 fully saturated rings. The number of aliphatic hydroxyl groups is 1. The number of nitrogens with zero attached hydrogens (tertiary/aromatic N) is 1. The van der Waals surface area contributed by atoms with Gasteiger partial charge in [-0.15, -0.1) is 0 Å². The summed E-state index contributed by atoms with van der Waals surface area (Å²) in [6.07, 6.45) is -0.344. The summed E-state index contributed by atoms with van der Waals surface area (Å²) in [7, 11) is 1.67. The van der Waals surface area contributed by atoms with E-state index in [-0.39, 0.29) is 12.1 Å². The normalized spacial score (nSPS) is 14.3. The Bertz CT molecular complexity index is 380. The van der Waals surface area contributed by atoms with Crippen LogP contribution in [0, 0.1) is 0 Å². The third-order valence-electron chi connectivity index (χ3n) is 3.62. The van der Waals surface area contributed by atoms with Crippen molar-refractivity contribution in [1.82, 2.24) is 10.2 Å². The summed E-state index contributed by atoms with van der Waals surface area (Å²) in [5.41, 5.74) is 1.17. The average Bonchev–Trinajstić information content (AvgIpc) is 2.50. The second-order valence-corrected chi connectivity index (χ2v) is 5.05. The third kappa shape index (κ3) is 5.49. The highest BCUT2D eigenvalue weighted by Gasteiger charge is 2.11. The zero-order chi connectivity index (χ0) is 15.0. The average molecular weight is 280 g/mol. The molecule has 4 heteroatoms. The molecule has 20 heavy (non-hydrogen) atoms. The summed E-state index contributed by atoms with van der Waals surface area (Å²) in [6, 6.07) is 8.20. The van der Waals surface area contributed by atoms with E-state index in [0.29, 0.717) is 13.1 Å². The molecule has 1 rings (SSSR count). The van der Waals surface area contributed by atoms with Gasteiger partial charge in [-0.25, -0.2) is 0 Å². The molecule has 0 aliphatic rings. The second-order valence-electron chi connectivity index (χ2n) is 5.05. The number of nitrogens with one attached hydrogen (secondary N) is 1. The van der Waals surface area contributed by atoms with Gasteiger partial charge in [-0.1, -0.05) is 26.0 Å². The molecule has 0 spiro atoms. The molecule has 0 aromatic heterocycles. The summed E-state index contributed by atoms with van der Waals surface area (Å²) < 4.78 is 5.23. The molecule has 1 aromatic rings. The third-order valence-corrected chi connectivity index (χ3v) is 3.62. The lowest BCUT2D eigenvalue weighted by atomic mass is 10.1. The molecule has 0 bridgehead atoms. The smallest absolute Gasteiger partial charge is 0.119 e. The lowest BCUT2D eigenvalue weighted by Gasteiger charge is -2.23. The molecule has 4 nitrogen and oxygen atoms in total. The number of likely N-dealkylation sites (N-methyl/N-ethyl adjacent to an activating group) is 1. The van der Waals surface area contributed by atoms with Gasteiger partial charge in [0.15, 0.2) is 0 Å². The molecule has 2 N–H and O–H groups in total. The van der Waals surface area contributed by atoms with E-state index in [1.54, 1.807) is 7.11 Å². The molecule has 0 aliphatic heterocycles. The van der Waals surface area contributed by atoms with Crippen LogP contribution in [-0.2, 0) is 0 Å². The maximum atomic E-state index is 10.0. The van der Waals surface area contributed by atoms with Gasteiger partial charge in [-0.2, -0.15) is 0 Å². The van der Waals surface area contributed by atoms with Crippen LogP contribution in [0.2, 0.25) is 0 Å². The lowest BCUT2D eigenvalue weighted by molar-refractivity contribution is 0.114. The quantitative estimate of drug-likeness (QED) is 0.727. The van der Waals surface area contributed by atoms with Crippen LogP contribution < -0.4 is 10.1 Å². The van der Waals surface area contributed by atoms with Gasteiger partial charge in [-0.3, -0.25) is 0 Å². The Hall–Kier alpha value is -1.10. The van der Waals surface area contributed by atoms with Crippen molar-refractivity contribution in [2.45, 2.75) is 32.9 Å². The van der Waals surface area contributed by atoms with Crippen molar-refractivity contribution in [2.75, 3.05) is 33.3 Å². The molecule has 0 saturated carbocycles. The van der Waals surface area contributed by atoms with E-state index < -0.39 is 0 Å². The zero-order valence-corrected chi connectivity index (χ0v) is 13.1. The van der Waals surface area contributed by atoms with Crippen molar-refractivity contribution >= 4 is 0 Å². The van der Waals surface area contributed by atoms with Crippen molar-refractivity contribution in [1.29, 1.82) is 0 Å². The number of ether oxygens (including phenoxy) is 1. The lowest BCUT2D eigenvalue weighted by Crippen LogP contribution is -2.38. The van der Waals surface area contributed by atoms with Crippen LogP contribution in [0.3, 0.4) is 0 Å². The van der Waals surface area contributed by atoms with E-state index in [9.17, 15) is 5.11 Å². The minimum absolute atomic E-state index is 0.191. The fourth-order valence-corrected chi connectivity index (χ4v) is 2.19. The van der Waals surface area contributed by atoms with E-state index in [4.69, 9.17) is 4.74 Å². The summed E-state index contributed by atoms with van der Waals surface area (Å²) >= 11 is 0. The fourth-order valence-electron chi connectivity index (χ4n) is 2.19. The van der Waals surface area contributed by atoms with Crippen LogP contribution >= 0.6 is 0 Å². The van der Waals surface area contributed by atoms with Crippen molar-refractivity contribution < 1.29 is 9.84 Å². The van der Waals surface area contributed by atoms with Gasteiger partial charge in [0.25, 0.3) is 0 Å². The van der Waals surface area contributed by atoms with Crippen molar-refractivity contribution in [2.24, 2.45) is 0 Å². The fraction of sp³-hybridized carbons (Fsp3) is 0.625. The van der Waals surface area contributed by atoms with Gasteiger partial charge in [0.2, 0.25) is 0 Å². The van der Waals surface area contributed by atoms with Crippen LogP contribution in [0.25, 0.3) is 0 Å². The van der Waals surface area contributed by atoms with Crippen LogP contribution in [0.1, 0.15) is 32.4 Å². The standard InChI is InChI=1S/C16H28N2O2/c1-5-18(6-2)12-15(19)11-17-13(3)14-8-7-9-16(10-14)20-4/h7-10,13,15,17,19H,5-6,11-12H2,1-4H3/t13-,15?/m0/s1. The van der Waals surface area contributed by atoms with E-state index in [2.05, 4.69) is 37.1 Å². The Morgan fingerprint density at radius 2 is 2.00 bits per heavy atom. The molecule has 1 unspecified atom stereocenters. The summed E-state index contributed by atoms with van der Waals surface area (Å²) in [6.45, 7) is 9.57. The van der Waals surface area contributed by atoms with E-state index in [1.165, 1.54) is 5.56 Å². The van der Waals surface area contributed by atoms with Crippen molar-refractivity contribution in [3.63, 3.8) is 0 Å². The molecule has 2 atom stereocenters. The first-order valence-corrected chi connectivity index (χ1v) is 7.38. The molecule has 0 radical (unpaired) electrons. The first kappa shape index (κ1) is 17.0. The maximum Gasteiger partial charge on any atom is 0.119 e. The van der Waals surface area contributed by atoms with Crippen LogP contribution in [0.5, 0.6) is 5.75 Å².